The van der Waals surface area contributed by atoms with Gasteiger partial charge < -0.3 is 10.1 Å². The first-order valence-corrected chi connectivity index (χ1v) is 5.00. The highest BCUT2D eigenvalue weighted by molar-refractivity contribution is 6.01. The molecule has 17 heavy (non-hydrogen) atoms. The maximum Gasteiger partial charge on any atom is 0.413 e. The number of nitrogens with one attached hydrogen (secondary N) is 2. The van der Waals surface area contributed by atoms with Gasteiger partial charge in [0.05, 0.1) is 0 Å². The van der Waals surface area contributed by atoms with Crippen LogP contribution in [0.2, 0.25) is 0 Å². The number of imide groups is 1. The minimum atomic E-state index is -0.847. The number of hydrogen-bond acceptors (Lipinski definition) is 4. The van der Waals surface area contributed by atoms with E-state index in [1.54, 1.807) is 30.3 Å². The number of benzene rings is 1. The summed E-state index contributed by atoms with van der Waals surface area (Å²) in [6, 6.07) is 7.63. The van der Waals surface area contributed by atoms with Gasteiger partial charge in [-0.1, -0.05) is 18.2 Å². The lowest BCUT2D eigenvalue weighted by atomic mass is 10.2. The molecule has 1 fully saturated rings. The van der Waals surface area contributed by atoms with Crippen LogP contribution in [0, 0.1) is 0 Å². The molecule has 1 saturated heterocycles. The lowest BCUT2D eigenvalue weighted by Gasteiger charge is -2.22. The molecule has 3 amide bonds. The van der Waals surface area contributed by atoms with Crippen molar-refractivity contribution in [2.45, 2.75) is 6.04 Å². The molecule has 2 N–H and O–H groups in total. The molecule has 6 nitrogen and oxygen atoms in total. The Hall–Kier alpha value is -2.37. The van der Waals surface area contributed by atoms with Crippen LogP contribution in [-0.4, -0.2) is 30.6 Å². The number of cyclic esters (lactones) is 1. The van der Waals surface area contributed by atoms with Gasteiger partial charge in [-0.25, -0.2) is 4.79 Å². The van der Waals surface area contributed by atoms with Gasteiger partial charge in [0.25, 0.3) is 11.8 Å². The van der Waals surface area contributed by atoms with Gasteiger partial charge in [-0.05, 0) is 12.1 Å². The van der Waals surface area contributed by atoms with E-state index in [9.17, 15) is 14.4 Å². The number of carbonyl (C=O) groups is 3. The van der Waals surface area contributed by atoms with Gasteiger partial charge in [-0.2, -0.15) is 0 Å². The van der Waals surface area contributed by atoms with Crippen molar-refractivity contribution in [1.82, 2.24) is 10.6 Å². The Labute approximate surface area is 96.9 Å². The molecule has 0 spiro atoms. The van der Waals surface area contributed by atoms with Crippen molar-refractivity contribution in [3.8, 4) is 0 Å². The highest BCUT2D eigenvalue weighted by Gasteiger charge is 2.29. The summed E-state index contributed by atoms with van der Waals surface area (Å²) in [6.45, 7) is -0.150. The number of carbonyl (C=O) groups excluding carboxylic acids is 3. The molecular weight excluding hydrogens is 224 g/mol. The van der Waals surface area contributed by atoms with Gasteiger partial charge in [0, 0.05) is 5.56 Å². The fourth-order valence-corrected chi connectivity index (χ4v) is 1.40. The highest BCUT2D eigenvalue weighted by atomic mass is 16.6. The Bertz CT molecular complexity index is 458. The largest absolute Gasteiger partial charge is 0.446 e. The molecule has 88 valence electrons. The highest BCUT2D eigenvalue weighted by Crippen LogP contribution is 2.01. The first-order chi connectivity index (χ1) is 8.16. The summed E-state index contributed by atoms with van der Waals surface area (Å²) < 4.78 is 4.61. The van der Waals surface area contributed by atoms with Crippen molar-refractivity contribution in [2.24, 2.45) is 0 Å². The molecule has 0 saturated carbocycles. The van der Waals surface area contributed by atoms with Crippen molar-refractivity contribution < 1.29 is 19.1 Å². The third-order valence-corrected chi connectivity index (χ3v) is 2.26. The first-order valence-electron chi connectivity index (χ1n) is 5.00. The zero-order chi connectivity index (χ0) is 12.3. The molecule has 0 unspecified atom stereocenters. The van der Waals surface area contributed by atoms with E-state index in [0.717, 1.165) is 0 Å². The molecular formula is C11H10N2O4. The molecule has 1 aromatic rings. The van der Waals surface area contributed by atoms with Gasteiger partial charge in [0.15, 0.2) is 0 Å². The van der Waals surface area contributed by atoms with Crippen LogP contribution in [-0.2, 0) is 9.53 Å². The molecule has 1 aliphatic heterocycles. The minimum Gasteiger partial charge on any atom is -0.446 e. The number of amides is 3. The lowest BCUT2D eigenvalue weighted by Crippen LogP contribution is -2.55. The van der Waals surface area contributed by atoms with E-state index in [0.29, 0.717) is 5.56 Å². The molecule has 1 aromatic carbocycles. The van der Waals surface area contributed by atoms with Gasteiger partial charge in [-0.15, -0.1) is 0 Å². The first kappa shape index (κ1) is 11.1. The minimum absolute atomic E-state index is 0.150. The monoisotopic (exact) mass is 234 g/mol. The predicted octanol–water partition coefficient (Wildman–Crippen LogP) is 0.0514. The SMILES string of the molecule is O=C1NC(=O)[C@H](NC(=O)c2ccccc2)CO1. The molecule has 6 heteroatoms. The van der Waals surface area contributed by atoms with Gasteiger partial charge >= 0.3 is 6.09 Å². The van der Waals surface area contributed by atoms with Crippen LogP contribution < -0.4 is 10.6 Å². The summed E-state index contributed by atoms with van der Waals surface area (Å²) in [5.41, 5.74) is 0.442. The third-order valence-electron chi connectivity index (χ3n) is 2.26. The van der Waals surface area contributed by atoms with Crippen LogP contribution in [0.5, 0.6) is 0 Å². The summed E-state index contributed by atoms with van der Waals surface area (Å²) in [7, 11) is 0. The maximum absolute atomic E-state index is 11.7. The van der Waals surface area contributed by atoms with Crippen LogP contribution in [0.3, 0.4) is 0 Å². The second-order valence-corrected chi connectivity index (χ2v) is 3.48. The van der Waals surface area contributed by atoms with E-state index < -0.39 is 18.0 Å². The average Bonchev–Trinajstić information content (AvgIpc) is 2.34. The second kappa shape index (κ2) is 4.65. The zero-order valence-electron chi connectivity index (χ0n) is 8.80. The fourth-order valence-electron chi connectivity index (χ4n) is 1.40. The average molecular weight is 234 g/mol. The Balaban J connectivity index is 2.00. The molecule has 0 radical (unpaired) electrons. The van der Waals surface area contributed by atoms with E-state index in [1.165, 1.54) is 0 Å². The Morgan fingerprint density at radius 1 is 1.29 bits per heavy atom. The molecule has 0 aliphatic carbocycles. The quantitative estimate of drug-likeness (QED) is 0.757. The molecule has 2 rings (SSSR count). The number of alkyl carbamates (subject to hydrolysis) is 1. The lowest BCUT2D eigenvalue weighted by molar-refractivity contribution is -0.125. The van der Waals surface area contributed by atoms with Crippen molar-refractivity contribution in [3.63, 3.8) is 0 Å². The number of rotatable bonds is 2. The molecule has 1 atom stereocenters. The molecule has 1 aliphatic rings. The van der Waals surface area contributed by atoms with Crippen LogP contribution in [0.1, 0.15) is 10.4 Å². The summed E-state index contributed by atoms with van der Waals surface area (Å²) in [6.07, 6.45) is -0.791. The summed E-state index contributed by atoms with van der Waals surface area (Å²) in [5, 5.41) is 4.45. The van der Waals surface area contributed by atoms with Crippen molar-refractivity contribution in [3.05, 3.63) is 35.9 Å². The maximum atomic E-state index is 11.7. The van der Waals surface area contributed by atoms with Crippen molar-refractivity contribution in [2.75, 3.05) is 6.61 Å². The van der Waals surface area contributed by atoms with Crippen LogP contribution >= 0.6 is 0 Å². The number of ether oxygens (including phenoxy) is 1. The number of hydrogen-bond donors (Lipinski definition) is 2. The normalized spacial score (nSPS) is 19.2. The van der Waals surface area contributed by atoms with E-state index in [1.807, 2.05) is 5.32 Å². The van der Waals surface area contributed by atoms with Crippen LogP contribution in [0.25, 0.3) is 0 Å². The summed E-state index contributed by atoms with van der Waals surface area (Å²) in [5.74, 6) is -0.950. The Morgan fingerprint density at radius 2 is 2.00 bits per heavy atom. The Kier molecular flexibility index (Phi) is 3.04. The topological polar surface area (TPSA) is 84.5 Å². The van der Waals surface area contributed by atoms with Gasteiger partial charge in [0.2, 0.25) is 0 Å². The van der Waals surface area contributed by atoms with E-state index >= 15 is 0 Å². The van der Waals surface area contributed by atoms with Crippen molar-refractivity contribution in [1.29, 1.82) is 0 Å². The smallest absolute Gasteiger partial charge is 0.413 e. The molecule has 1 heterocycles. The van der Waals surface area contributed by atoms with Gasteiger partial charge in [-0.3, -0.25) is 14.9 Å². The van der Waals surface area contributed by atoms with Crippen LogP contribution in [0.4, 0.5) is 4.79 Å². The third kappa shape index (κ3) is 2.60. The Morgan fingerprint density at radius 3 is 2.65 bits per heavy atom. The standard InChI is InChI=1S/C11H10N2O4/c14-9(7-4-2-1-3-5-7)12-8-6-17-11(16)13-10(8)15/h1-5,8H,6H2,(H,12,14)(H,13,15,16)/t8-/m1/s1. The van der Waals surface area contributed by atoms with Crippen LogP contribution in [0.15, 0.2) is 30.3 Å². The summed E-state index contributed by atoms with van der Waals surface area (Å²) in [4.78, 5) is 33.8. The van der Waals surface area contributed by atoms with Crippen molar-refractivity contribution >= 4 is 17.9 Å². The summed E-state index contributed by atoms with van der Waals surface area (Å²) >= 11 is 0. The van der Waals surface area contributed by atoms with E-state index in [4.69, 9.17) is 0 Å². The molecule has 0 aromatic heterocycles. The van der Waals surface area contributed by atoms with Gasteiger partial charge in [0.1, 0.15) is 12.6 Å². The fraction of sp³-hybridized carbons (Fsp3) is 0.182. The van der Waals surface area contributed by atoms with E-state index in [-0.39, 0.29) is 12.5 Å². The predicted molar refractivity (Wildman–Crippen MR) is 57.2 cm³/mol. The molecule has 0 bridgehead atoms. The van der Waals surface area contributed by atoms with E-state index in [2.05, 4.69) is 10.1 Å². The second-order valence-electron chi connectivity index (χ2n) is 3.48. The zero-order valence-corrected chi connectivity index (χ0v) is 8.80.